The molecule has 0 saturated heterocycles. The lowest BCUT2D eigenvalue weighted by Gasteiger charge is -2.01. The zero-order chi connectivity index (χ0) is 27.2. The zero-order valence-corrected chi connectivity index (χ0v) is 24.8. The summed E-state index contributed by atoms with van der Waals surface area (Å²) < 4.78 is 2.17. The van der Waals surface area contributed by atoms with Crippen molar-refractivity contribution in [1.82, 2.24) is 4.98 Å². The lowest BCUT2D eigenvalue weighted by Crippen LogP contribution is -2.34. The van der Waals surface area contributed by atoms with Crippen LogP contribution in [0.2, 0.25) is 0 Å². The van der Waals surface area contributed by atoms with Crippen LogP contribution in [0, 0.1) is 5.92 Å². The van der Waals surface area contributed by atoms with Crippen molar-refractivity contribution >= 4 is 0 Å². The van der Waals surface area contributed by atoms with E-state index in [1.54, 1.807) is 12.4 Å². The van der Waals surface area contributed by atoms with Crippen molar-refractivity contribution < 1.29 is 4.57 Å². The molecule has 0 bridgehead atoms. The molecule has 35 heavy (non-hydrogen) atoms. The summed E-state index contributed by atoms with van der Waals surface area (Å²) in [5.74, 6) is 1.49. The van der Waals surface area contributed by atoms with E-state index in [1.165, 1.54) is 5.56 Å². The molecular formula is C33H61N2+. The molecule has 0 aliphatic rings. The average Bonchev–Trinajstić information content (AvgIpc) is 2.90. The molecular weight excluding hydrogens is 424 g/mol. The minimum Gasteiger partial charge on any atom is -0.265 e. The van der Waals surface area contributed by atoms with E-state index in [9.17, 15) is 0 Å². The Labute approximate surface area is 221 Å². The molecule has 1 aromatic carbocycles. The van der Waals surface area contributed by atoms with Gasteiger partial charge in [0.25, 0.3) is 0 Å². The van der Waals surface area contributed by atoms with Crippen molar-refractivity contribution in [1.29, 1.82) is 0 Å². The van der Waals surface area contributed by atoms with Gasteiger partial charge >= 0.3 is 0 Å². The van der Waals surface area contributed by atoms with Gasteiger partial charge in [-0.25, -0.2) is 4.57 Å². The lowest BCUT2D eigenvalue weighted by molar-refractivity contribution is -0.716. The largest absolute Gasteiger partial charge is 0.265 e. The average molecular weight is 486 g/mol. The molecule has 0 saturated carbocycles. The molecule has 2 nitrogen and oxygen atoms in total. The van der Waals surface area contributed by atoms with E-state index < -0.39 is 0 Å². The second-order valence-corrected chi connectivity index (χ2v) is 7.74. The number of hydrogen-bond acceptors (Lipinski definition) is 1. The fraction of sp³-hybridized carbons (Fsp3) is 0.515. The SMILES string of the molecule is C.CC.CC.CC.CC(C)C.CC(C)[n+]1ccccc1.CC(C)c1ccccc1.c1ccncc1. The molecule has 2 heteroatoms. The maximum atomic E-state index is 3.78. The Hall–Kier alpha value is -2.48. The first-order valence-electron chi connectivity index (χ1n) is 13.2. The number of nitrogens with zero attached hydrogens (tertiary/aromatic N) is 2. The first-order valence-corrected chi connectivity index (χ1v) is 13.2. The van der Waals surface area contributed by atoms with Crippen LogP contribution in [-0.2, 0) is 0 Å². The summed E-state index contributed by atoms with van der Waals surface area (Å²) in [5, 5.41) is 0. The molecule has 0 fully saturated rings. The maximum Gasteiger partial charge on any atom is 0.169 e. The second-order valence-electron chi connectivity index (χ2n) is 7.74. The smallest absolute Gasteiger partial charge is 0.169 e. The Bertz CT molecular complexity index is 590. The van der Waals surface area contributed by atoms with Crippen LogP contribution in [0.1, 0.15) is 115 Å². The highest BCUT2D eigenvalue weighted by Crippen LogP contribution is 2.11. The number of pyridine rings is 2. The van der Waals surface area contributed by atoms with E-state index in [2.05, 4.69) is 94.7 Å². The van der Waals surface area contributed by atoms with Gasteiger partial charge < -0.3 is 0 Å². The van der Waals surface area contributed by atoms with E-state index in [0.717, 1.165) is 5.92 Å². The van der Waals surface area contributed by atoms with Crippen molar-refractivity contribution in [2.45, 2.75) is 109 Å². The van der Waals surface area contributed by atoms with Crippen LogP contribution in [0.4, 0.5) is 0 Å². The topological polar surface area (TPSA) is 16.8 Å². The molecule has 202 valence electrons. The molecule has 0 aliphatic carbocycles. The van der Waals surface area contributed by atoms with Gasteiger partial charge in [-0.2, -0.15) is 0 Å². The molecule has 0 aliphatic heterocycles. The van der Waals surface area contributed by atoms with E-state index in [4.69, 9.17) is 0 Å². The summed E-state index contributed by atoms with van der Waals surface area (Å²) in [6.07, 6.45) is 7.65. The number of hydrogen-bond donors (Lipinski definition) is 0. The maximum absolute atomic E-state index is 3.78. The third-order valence-corrected chi connectivity index (χ3v) is 3.37. The Balaban J connectivity index is -0.000000109. The third kappa shape index (κ3) is 36.3. The van der Waals surface area contributed by atoms with Crippen LogP contribution < -0.4 is 4.57 Å². The van der Waals surface area contributed by atoms with Crippen LogP contribution in [0.3, 0.4) is 0 Å². The lowest BCUT2D eigenvalue weighted by atomic mass is 10.0. The first-order chi connectivity index (χ1) is 16.3. The molecule has 0 atom stereocenters. The van der Waals surface area contributed by atoms with Crippen LogP contribution >= 0.6 is 0 Å². The monoisotopic (exact) mass is 485 g/mol. The van der Waals surface area contributed by atoms with Crippen molar-refractivity contribution in [3.8, 4) is 0 Å². The Morgan fingerprint density at radius 3 is 1.09 bits per heavy atom. The minimum atomic E-state index is 0. The Morgan fingerprint density at radius 1 is 0.543 bits per heavy atom. The van der Waals surface area contributed by atoms with Crippen LogP contribution in [0.25, 0.3) is 0 Å². The van der Waals surface area contributed by atoms with Gasteiger partial charge in [-0.3, -0.25) is 4.98 Å². The summed E-state index contributed by atoms with van der Waals surface area (Å²) >= 11 is 0. The van der Waals surface area contributed by atoms with E-state index >= 15 is 0 Å². The number of benzene rings is 1. The molecule has 2 heterocycles. The predicted octanol–water partition coefficient (Wildman–Crippen LogP) is 10.8. The summed E-state index contributed by atoms with van der Waals surface area (Å²) in [6.45, 7) is 27.2. The third-order valence-electron chi connectivity index (χ3n) is 3.37. The van der Waals surface area contributed by atoms with Crippen LogP contribution in [-0.4, -0.2) is 4.98 Å². The fourth-order valence-corrected chi connectivity index (χ4v) is 1.91. The van der Waals surface area contributed by atoms with Gasteiger partial charge in [0, 0.05) is 24.5 Å². The van der Waals surface area contributed by atoms with Crippen molar-refractivity contribution in [2.75, 3.05) is 0 Å². The normalized spacial score (nSPS) is 8.11. The quantitative estimate of drug-likeness (QED) is 0.330. The van der Waals surface area contributed by atoms with E-state index in [-0.39, 0.29) is 7.43 Å². The Kier molecular flexibility index (Phi) is 44.0. The van der Waals surface area contributed by atoms with Gasteiger partial charge in [0.2, 0.25) is 0 Å². The molecule has 3 aromatic rings. The van der Waals surface area contributed by atoms with Gasteiger partial charge in [-0.15, -0.1) is 0 Å². The van der Waals surface area contributed by atoms with Gasteiger partial charge in [0.1, 0.15) is 0 Å². The van der Waals surface area contributed by atoms with Crippen LogP contribution in [0.15, 0.2) is 91.5 Å². The molecule has 0 radical (unpaired) electrons. The van der Waals surface area contributed by atoms with Crippen molar-refractivity contribution in [2.24, 2.45) is 5.92 Å². The van der Waals surface area contributed by atoms with Gasteiger partial charge in [0.05, 0.1) is 0 Å². The van der Waals surface area contributed by atoms with Gasteiger partial charge in [-0.1, -0.05) is 126 Å². The van der Waals surface area contributed by atoms with Crippen molar-refractivity contribution in [3.05, 3.63) is 97.1 Å². The van der Waals surface area contributed by atoms with Crippen LogP contribution in [0.5, 0.6) is 0 Å². The van der Waals surface area contributed by atoms with E-state index in [0.29, 0.717) is 12.0 Å². The predicted molar refractivity (Wildman–Crippen MR) is 163 cm³/mol. The summed E-state index contributed by atoms with van der Waals surface area (Å²) in [5.41, 5.74) is 1.41. The van der Waals surface area contributed by atoms with Crippen molar-refractivity contribution in [3.63, 3.8) is 0 Å². The number of rotatable bonds is 2. The first kappa shape index (κ1) is 42.7. The summed E-state index contributed by atoms with van der Waals surface area (Å²) in [6, 6.07) is 22.9. The number of aromatic nitrogens is 2. The van der Waals surface area contributed by atoms with Gasteiger partial charge in [0.15, 0.2) is 18.4 Å². The molecule has 2 aromatic heterocycles. The fourth-order valence-electron chi connectivity index (χ4n) is 1.91. The second kappa shape index (κ2) is 36.1. The highest BCUT2D eigenvalue weighted by Gasteiger charge is 2.00. The summed E-state index contributed by atoms with van der Waals surface area (Å²) in [4.78, 5) is 3.78. The standard InChI is InChI=1S/C9H12.C8H12N.C5H5N.C4H10.3C2H6.CH4/c2*1-8(2)9-6-4-3-5-7-9;1-2-4-6-5-3-1;1-4(2)3;3*1-2;/h2*3-8H,1-2H3;1-5H;4H,1-3H3;3*1-2H3;1H4/q;+1;;;;;;. The van der Waals surface area contributed by atoms with E-state index in [1.807, 2.05) is 84.0 Å². The highest BCUT2D eigenvalue weighted by atomic mass is 15.0. The summed E-state index contributed by atoms with van der Waals surface area (Å²) in [7, 11) is 0. The molecule has 3 rings (SSSR count). The molecule has 0 N–H and O–H groups in total. The molecule has 0 amide bonds. The molecule has 0 spiro atoms. The molecule has 0 unspecified atom stereocenters. The highest BCUT2D eigenvalue weighted by molar-refractivity contribution is 5.17. The van der Waals surface area contributed by atoms with Gasteiger partial charge in [-0.05, 0) is 43.4 Å². The zero-order valence-electron chi connectivity index (χ0n) is 24.8. The Morgan fingerprint density at radius 2 is 0.886 bits per heavy atom. The minimum absolute atomic E-state index is 0.